The molecule has 48 heavy (non-hydrogen) atoms. The number of alkyl carbamates (subject to hydrolysis) is 1. The van der Waals surface area contributed by atoms with Crippen molar-refractivity contribution in [3.05, 3.63) is 89.0 Å². The second-order valence-corrected chi connectivity index (χ2v) is 13.0. The number of ether oxygens (including phenoxy) is 6. The zero-order chi connectivity index (χ0) is 33.6. The van der Waals surface area contributed by atoms with Crippen LogP contribution in [0.1, 0.15) is 37.0 Å². The van der Waals surface area contributed by atoms with Gasteiger partial charge in [-0.25, -0.2) is 13.6 Å². The molecule has 3 aromatic carbocycles. The fourth-order valence-electron chi connectivity index (χ4n) is 6.40. The summed E-state index contributed by atoms with van der Waals surface area (Å²) >= 11 is 0. The van der Waals surface area contributed by atoms with E-state index in [0.29, 0.717) is 54.8 Å². The van der Waals surface area contributed by atoms with Gasteiger partial charge in [0, 0.05) is 25.7 Å². The molecule has 0 aliphatic carbocycles. The van der Waals surface area contributed by atoms with Gasteiger partial charge in [-0.15, -0.1) is 0 Å². The third-order valence-corrected chi connectivity index (χ3v) is 8.63. The quantitative estimate of drug-likeness (QED) is 0.240. The van der Waals surface area contributed by atoms with E-state index in [1.165, 1.54) is 12.1 Å². The number of nitrogens with zero attached hydrogens (tertiary/aromatic N) is 1. The van der Waals surface area contributed by atoms with Gasteiger partial charge in [0.2, 0.25) is 6.79 Å². The summed E-state index contributed by atoms with van der Waals surface area (Å²) in [5.41, 5.74) is 2.22. The topological polar surface area (TPSA) is 108 Å². The zero-order valence-corrected chi connectivity index (χ0v) is 27.1. The van der Waals surface area contributed by atoms with Gasteiger partial charge in [-0.2, -0.15) is 0 Å². The van der Waals surface area contributed by atoms with Crippen LogP contribution in [0.4, 0.5) is 13.6 Å². The van der Waals surface area contributed by atoms with Crippen LogP contribution in [0.25, 0.3) is 0 Å². The van der Waals surface area contributed by atoms with Crippen molar-refractivity contribution in [2.24, 2.45) is 11.8 Å². The highest BCUT2D eigenvalue weighted by Crippen LogP contribution is 2.34. The molecule has 3 aliphatic heterocycles. The molecule has 12 heteroatoms. The number of rotatable bonds is 14. The minimum absolute atomic E-state index is 0.00438. The second-order valence-electron chi connectivity index (χ2n) is 13.0. The first-order valence-corrected chi connectivity index (χ1v) is 16.3. The number of benzene rings is 3. The molecule has 1 amide bonds. The van der Waals surface area contributed by atoms with Crippen molar-refractivity contribution in [2.75, 3.05) is 33.1 Å². The standard InChI is InChI=1S/C36H42F2N2O8/c1-22(2)16-40(17-24-5-8-32-33(14-24)47-21-46-32)18-31(41)30(39-36(42)48-34-20-45-35-29(34)9-10-43-35)13-23-3-6-28(7-4-23)44-19-25-11-26(37)15-27(38)12-25/h3-8,11-12,14-15,22,29-31,34-35,41H,9-10,13,16-21H2,1-2H3,(H,39,42). The Morgan fingerprint density at radius 2 is 1.71 bits per heavy atom. The number of hydrogen-bond donors (Lipinski definition) is 2. The summed E-state index contributed by atoms with van der Waals surface area (Å²) in [6.07, 6.45) is -1.31. The van der Waals surface area contributed by atoms with E-state index in [4.69, 9.17) is 28.4 Å². The van der Waals surface area contributed by atoms with Gasteiger partial charge in [-0.3, -0.25) is 4.90 Å². The largest absolute Gasteiger partial charge is 0.489 e. The van der Waals surface area contributed by atoms with E-state index in [-0.39, 0.29) is 38.8 Å². The summed E-state index contributed by atoms with van der Waals surface area (Å²) < 4.78 is 60.9. The van der Waals surface area contributed by atoms with Crippen LogP contribution < -0.4 is 19.5 Å². The lowest BCUT2D eigenvalue weighted by Crippen LogP contribution is -2.50. The molecule has 5 atom stereocenters. The molecule has 3 aliphatic rings. The normalized spacial score (nSPS) is 20.9. The average molecular weight is 669 g/mol. The van der Waals surface area contributed by atoms with Gasteiger partial charge in [-0.1, -0.05) is 32.0 Å². The maximum Gasteiger partial charge on any atom is 0.407 e. The number of aliphatic hydroxyl groups excluding tert-OH is 1. The Kier molecular flexibility index (Phi) is 11.0. The van der Waals surface area contributed by atoms with E-state index >= 15 is 0 Å². The molecule has 0 radical (unpaired) electrons. The zero-order valence-electron chi connectivity index (χ0n) is 27.1. The molecule has 5 unspecified atom stereocenters. The predicted molar refractivity (Wildman–Crippen MR) is 171 cm³/mol. The molecule has 0 aromatic heterocycles. The van der Waals surface area contributed by atoms with Crippen molar-refractivity contribution >= 4 is 6.09 Å². The van der Waals surface area contributed by atoms with E-state index < -0.39 is 36.0 Å². The van der Waals surface area contributed by atoms with E-state index in [1.54, 1.807) is 12.1 Å². The third kappa shape index (κ3) is 8.93. The molecule has 0 spiro atoms. The lowest BCUT2D eigenvalue weighted by Gasteiger charge is -2.31. The summed E-state index contributed by atoms with van der Waals surface area (Å²) in [6.45, 7) is 6.80. The van der Waals surface area contributed by atoms with Crippen LogP contribution >= 0.6 is 0 Å². The Morgan fingerprint density at radius 1 is 0.958 bits per heavy atom. The Labute approximate surface area is 278 Å². The molecule has 2 N–H and O–H groups in total. The first-order valence-electron chi connectivity index (χ1n) is 16.3. The Hall–Kier alpha value is -3.97. The minimum atomic E-state index is -0.952. The molecule has 3 aromatic rings. The minimum Gasteiger partial charge on any atom is -0.489 e. The molecular formula is C36H42F2N2O8. The Morgan fingerprint density at radius 3 is 2.48 bits per heavy atom. The SMILES string of the molecule is CC(C)CN(Cc1ccc2c(c1)OCO2)CC(O)C(Cc1ccc(OCc2cc(F)cc(F)c2)cc1)NC(=O)OC1COC2OCCC12. The third-order valence-electron chi connectivity index (χ3n) is 8.63. The van der Waals surface area contributed by atoms with Crippen molar-refractivity contribution in [2.45, 2.75) is 64.4 Å². The average Bonchev–Trinajstić information content (AvgIpc) is 3.78. The maximum absolute atomic E-state index is 13.6. The predicted octanol–water partition coefficient (Wildman–Crippen LogP) is 5.19. The van der Waals surface area contributed by atoms with Crippen molar-refractivity contribution in [1.82, 2.24) is 10.2 Å². The van der Waals surface area contributed by atoms with Crippen LogP contribution in [-0.2, 0) is 33.8 Å². The number of carbonyl (C=O) groups is 1. The summed E-state index contributed by atoms with van der Waals surface area (Å²) in [5.74, 6) is 0.884. The number of hydrogen-bond acceptors (Lipinski definition) is 9. The lowest BCUT2D eigenvalue weighted by molar-refractivity contribution is -0.0907. The molecule has 0 saturated carbocycles. The smallest absolute Gasteiger partial charge is 0.407 e. The molecule has 3 heterocycles. The van der Waals surface area contributed by atoms with E-state index in [1.807, 2.05) is 30.3 Å². The van der Waals surface area contributed by atoms with Crippen LogP contribution in [-0.4, -0.2) is 73.7 Å². The van der Waals surface area contributed by atoms with Crippen LogP contribution in [0, 0.1) is 23.5 Å². The van der Waals surface area contributed by atoms with Gasteiger partial charge in [0.15, 0.2) is 17.8 Å². The highest BCUT2D eigenvalue weighted by Gasteiger charge is 2.44. The van der Waals surface area contributed by atoms with Crippen molar-refractivity contribution in [1.29, 1.82) is 0 Å². The summed E-state index contributed by atoms with van der Waals surface area (Å²) in [5, 5.41) is 14.6. The second kappa shape index (κ2) is 15.5. The van der Waals surface area contributed by atoms with Gasteiger partial charge in [0.05, 0.1) is 31.3 Å². The molecule has 6 rings (SSSR count). The Balaban J connectivity index is 1.13. The molecule has 2 fully saturated rings. The Bertz CT molecular complexity index is 1520. The van der Waals surface area contributed by atoms with Crippen molar-refractivity contribution < 1.29 is 47.1 Å². The van der Waals surface area contributed by atoms with Crippen LogP contribution in [0.2, 0.25) is 0 Å². The molecular weight excluding hydrogens is 626 g/mol. The van der Waals surface area contributed by atoms with E-state index in [0.717, 1.165) is 23.6 Å². The van der Waals surface area contributed by atoms with Gasteiger partial charge in [0.1, 0.15) is 30.1 Å². The van der Waals surface area contributed by atoms with Crippen molar-refractivity contribution in [3.8, 4) is 17.2 Å². The van der Waals surface area contributed by atoms with Gasteiger partial charge < -0.3 is 38.8 Å². The monoisotopic (exact) mass is 668 g/mol. The first-order chi connectivity index (χ1) is 23.2. The summed E-state index contributed by atoms with van der Waals surface area (Å²) in [6, 6.07) is 15.5. The number of amides is 1. The molecule has 0 bridgehead atoms. The highest BCUT2D eigenvalue weighted by molar-refractivity contribution is 5.68. The number of carbonyl (C=O) groups excluding carboxylic acids is 1. The number of nitrogens with one attached hydrogen (secondary N) is 1. The van der Waals surface area contributed by atoms with Crippen molar-refractivity contribution in [3.63, 3.8) is 0 Å². The van der Waals surface area contributed by atoms with Crippen LogP contribution in [0.5, 0.6) is 17.2 Å². The maximum atomic E-state index is 13.6. The molecule has 2 saturated heterocycles. The van der Waals surface area contributed by atoms with Gasteiger partial charge in [0.25, 0.3) is 0 Å². The van der Waals surface area contributed by atoms with E-state index in [2.05, 4.69) is 24.1 Å². The summed E-state index contributed by atoms with van der Waals surface area (Å²) in [4.78, 5) is 15.4. The van der Waals surface area contributed by atoms with Crippen LogP contribution in [0.15, 0.2) is 60.7 Å². The number of aliphatic hydroxyl groups is 1. The van der Waals surface area contributed by atoms with Gasteiger partial charge >= 0.3 is 6.09 Å². The summed E-state index contributed by atoms with van der Waals surface area (Å²) in [7, 11) is 0. The molecule has 10 nitrogen and oxygen atoms in total. The number of fused-ring (bicyclic) bond motifs is 2. The fourth-order valence-corrected chi connectivity index (χ4v) is 6.40. The van der Waals surface area contributed by atoms with Crippen LogP contribution in [0.3, 0.4) is 0 Å². The number of halogens is 2. The van der Waals surface area contributed by atoms with Gasteiger partial charge in [-0.05, 0) is 71.8 Å². The highest BCUT2D eigenvalue weighted by atomic mass is 19.1. The van der Waals surface area contributed by atoms with E-state index in [9.17, 15) is 18.7 Å². The molecule has 258 valence electrons. The fraction of sp³-hybridized carbons (Fsp3) is 0.472. The first kappa shape index (κ1) is 33.9. The lowest BCUT2D eigenvalue weighted by atomic mass is 10.00.